The van der Waals surface area contributed by atoms with Crippen molar-refractivity contribution in [3.05, 3.63) is 36.4 Å². The molecular weight excluding hydrogens is 220 g/mol. The van der Waals surface area contributed by atoms with Gasteiger partial charge >= 0.3 is 0 Å². The maximum atomic E-state index is 3.49. The van der Waals surface area contributed by atoms with E-state index in [0.717, 1.165) is 25.9 Å². The first-order valence-electron chi connectivity index (χ1n) is 6.86. The van der Waals surface area contributed by atoms with Crippen LogP contribution in [0.3, 0.4) is 0 Å². The van der Waals surface area contributed by atoms with Gasteiger partial charge in [0.05, 0.1) is 0 Å². The van der Waals surface area contributed by atoms with E-state index in [-0.39, 0.29) is 0 Å². The number of anilines is 2. The van der Waals surface area contributed by atoms with Gasteiger partial charge in [0, 0.05) is 35.2 Å². The highest BCUT2D eigenvalue weighted by Crippen LogP contribution is 2.29. The van der Waals surface area contributed by atoms with E-state index >= 15 is 0 Å². The second-order valence-corrected chi connectivity index (χ2v) is 4.56. The van der Waals surface area contributed by atoms with Crippen LogP contribution in [0.25, 0.3) is 10.8 Å². The van der Waals surface area contributed by atoms with Gasteiger partial charge in [-0.15, -0.1) is 0 Å². The predicted molar refractivity (Wildman–Crippen MR) is 81.5 cm³/mol. The maximum Gasteiger partial charge on any atom is 0.0420 e. The zero-order valence-electron chi connectivity index (χ0n) is 11.3. The second-order valence-electron chi connectivity index (χ2n) is 4.56. The molecule has 0 aliphatic heterocycles. The number of hydrogen-bond acceptors (Lipinski definition) is 2. The lowest BCUT2D eigenvalue weighted by Gasteiger charge is -2.13. The van der Waals surface area contributed by atoms with Crippen LogP contribution in [0.2, 0.25) is 0 Å². The van der Waals surface area contributed by atoms with Crippen molar-refractivity contribution < 1.29 is 0 Å². The highest BCUT2D eigenvalue weighted by Gasteiger charge is 2.03. The minimum atomic E-state index is 1.02. The molecule has 0 unspecified atom stereocenters. The van der Waals surface area contributed by atoms with Crippen molar-refractivity contribution in [3.8, 4) is 0 Å². The Hall–Kier alpha value is -1.70. The molecule has 2 heteroatoms. The number of fused-ring (bicyclic) bond motifs is 1. The van der Waals surface area contributed by atoms with E-state index in [1.54, 1.807) is 0 Å². The summed E-state index contributed by atoms with van der Waals surface area (Å²) in [5.41, 5.74) is 2.46. The molecule has 2 aromatic rings. The molecule has 0 atom stereocenters. The van der Waals surface area contributed by atoms with Crippen molar-refractivity contribution in [1.82, 2.24) is 0 Å². The highest BCUT2D eigenvalue weighted by molar-refractivity contribution is 6.01. The Labute approximate surface area is 109 Å². The normalized spacial score (nSPS) is 10.6. The summed E-state index contributed by atoms with van der Waals surface area (Å²) in [4.78, 5) is 0. The quantitative estimate of drug-likeness (QED) is 0.780. The molecule has 18 heavy (non-hydrogen) atoms. The largest absolute Gasteiger partial charge is 0.385 e. The number of benzene rings is 2. The van der Waals surface area contributed by atoms with E-state index in [4.69, 9.17) is 0 Å². The predicted octanol–water partition coefficient (Wildman–Crippen LogP) is 4.48. The molecular formula is C16H22N2. The number of hydrogen-bond donors (Lipinski definition) is 2. The lowest BCUT2D eigenvalue weighted by atomic mass is 10.1. The third-order valence-corrected chi connectivity index (χ3v) is 3.05. The molecule has 2 aromatic carbocycles. The summed E-state index contributed by atoms with van der Waals surface area (Å²) < 4.78 is 0. The zero-order chi connectivity index (χ0) is 12.8. The first kappa shape index (κ1) is 12.7. The Morgan fingerprint density at radius 3 is 1.56 bits per heavy atom. The van der Waals surface area contributed by atoms with Crippen molar-refractivity contribution >= 4 is 22.1 Å². The number of rotatable bonds is 6. The summed E-state index contributed by atoms with van der Waals surface area (Å²) in [6.07, 6.45) is 2.29. The molecule has 96 valence electrons. The average molecular weight is 242 g/mol. The summed E-state index contributed by atoms with van der Waals surface area (Å²) in [6.45, 7) is 6.41. The molecule has 2 nitrogen and oxygen atoms in total. The van der Waals surface area contributed by atoms with Gasteiger partial charge in [0.2, 0.25) is 0 Å². The van der Waals surface area contributed by atoms with Crippen LogP contribution in [-0.2, 0) is 0 Å². The minimum Gasteiger partial charge on any atom is -0.385 e. The molecule has 0 saturated heterocycles. The van der Waals surface area contributed by atoms with E-state index in [1.165, 1.54) is 22.1 Å². The van der Waals surface area contributed by atoms with Gasteiger partial charge in [0.15, 0.2) is 0 Å². The van der Waals surface area contributed by atoms with Gasteiger partial charge in [-0.25, -0.2) is 0 Å². The Morgan fingerprint density at radius 1 is 0.722 bits per heavy atom. The standard InChI is InChI=1S/C16H22N2/c1-3-11-17-15-9-5-8-14-13(15)7-6-10-16(14)18-12-4-2/h5-10,17-18H,3-4,11-12H2,1-2H3. The molecule has 2 rings (SSSR count). The topological polar surface area (TPSA) is 24.1 Å². The molecule has 0 aliphatic rings. The molecule has 0 aromatic heterocycles. The van der Waals surface area contributed by atoms with Crippen LogP contribution in [0.5, 0.6) is 0 Å². The van der Waals surface area contributed by atoms with Crippen LogP contribution in [-0.4, -0.2) is 13.1 Å². The van der Waals surface area contributed by atoms with Crippen LogP contribution in [0.4, 0.5) is 11.4 Å². The van der Waals surface area contributed by atoms with Crippen LogP contribution < -0.4 is 10.6 Å². The minimum absolute atomic E-state index is 1.02. The number of nitrogens with one attached hydrogen (secondary N) is 2. The third-order valence-electron chi connectivity index (χ3n) is 3.05. The zero-order valence-corrected chi connectivity index (χ0v) is 11.3. The van der Waals surface area contributed by atoms with Gasteiger partial charge in [-0.1, -0.05) is 38.1 Å². The molecule has 0 fully saturated rings. The van der Waals surface area contributed by atoms with E-state index < -0.39 is 0 Å². The van der Waals surface area contributed by atoms with Crippen molar-refractivity contribution in [2.24, 2.45) is 0 Å². The third kappa shape index (κ3) is 2.76. The lowest BCUT2D eigenvalue weighted by molar-refractivity contribution is 0.980. The van der Waals surface area contributed by atoms with Gasteiger partial charge in [0.25, 0.3) is 0 Å². The fraction of sp³-hybridized carbons (Fsp3) is 0.375. The Balaban J connectivity index is 2.37. The van der Waals surface area contributed by atoms with E-state index in [1.807, 2.05) is 0 Å². The van der Waals surface area contributed by atoms with E-state index in [9.17, 15) is 0 Å². The highest BCUT2D eigenvalue weighted by atomic mass is 14.9. The fourth-order valence-electron chi connectivity index (χ4n) is 2.14. The van der Waals surface area contributed by atoms with Crippen LogP contribution in [0.1, 0.15) is 26.7 Å². The summed E-state index contributed by atoms with van der Waals surface area (Å²) in [6, 6.07) is 12.9. The Morgan fingerprint density at radius 2 is 1.17 bits per heavy atom. The molecule has 0 saturated carbocycles. The second kappa shape index (κ2) is 6.29. The molecule has 0 aliphatic carbocycles. The van der Waals surface area contributed by atoms with Gasteiger partial charge < -0.3 is 10.6 Å². The first-order chi connectivity index (χ1) is 8.86. The smallest absolute Gasteiger partial charge is 0.0420 e. The van der Waals surface area contributed by atoms with Gasteiger partial charge in [-0.05, 0) is 25.0 Å². The van der Waals surface area contributed by atoms with E-state index in [0.29, 0.717) is 0 Å². The molecule has 0 amide bonds. The van der Waals surface area contributed by atoms with Crippen molar-refractivity contribution in [2.75, 3.05) is 23.7 Å². The van der Waals surface area contributed by atoms with Crippen molar-refractivity contribution in [3.63, 3.8) is 0 Å². The van der Waals surface area contributed by atoms with Crippen LogP contribution >= 0.6 is 0 Å². The van der Waals surface area contributed by atoms with Crippen molar-refractivity contribution in [2.45, 2.75) is 26.7 Å². The SMILES string of the molecule is CCCNc1cccc2c(NCCC)cccc12. The van der Waals surface area contributed by atoms with Gasteiger partial charge in [0.1, 0.15) is 0 Å². The molecule has 0 heterocycles. The first-order valence-corrected chi connectivity index (χ1v) is 6.86. The molecule has 0 spiro atoms. The Bertz CT molecular complexity index is 458. The Kier molecular flexibility index (Phi) is 4.46. The van der Waals surface area contributed by atoms with Crippen molar-refractivity contribution in [1.29, 1.82) is 0 Å². The monoisotopic (exact) mass is 242 g/mol. The van der Waals surface area contributed by atoms with E-state index in [2.05, 4.69) is 60.9 Å². The maximum absolute atomic E-state index is 3.49. The fourth-order valence-corrected chi connectivity index (χ4v) is 2.14. The summed E-state index contributed by atoms with van der Waals surface area (Å²) in [5.74, 6) is 0. The molecule has 0 bridgehead atoms. The van der Waals surface area contributed by atoms with Crippen LogP contribution in [0, 0.1) is 0 Å². The summed E-state index contributed by atoms with van der Waals surface area (Å²) in [5, 5.41) is 9.58. The molecule has 2 N–H and O–H groups in total. The lowest BCUT2D eigenvalue weighted by Crippen LogP contribution is -2.02. The summed E-state index contributed by atoms with van der Waals surface area (Å²) >= 11 is 0. The average Bonchev–Trinajstić information content (AvgIpc) is 2.42. The van der Waals surface area contributed by atoms with Gasteiger partial charge in [-0.3, -0.25) is 0 Å². The van der Waals surface area contributed by atoms with Gasteiger partial charge in [-0.2, -0.15) is 0 Å². The molecule has 0 radical (unpaired) electrons. The summed E-state index contributed by atoms with van der Waals surface area (Å²) in [7, 11) is 0. The van der Waals surface area contributed by atoms with Crippen LogP contribution in [0.15, 0.2) is 36.4 Å².